The van der Waals surface area contributed by atoms with Gasteiger partial charge in [0.2, 0.25) is 0 Å². The van der Waals surface area contributed by atoms with Gasteiger partial charge in [0.05, 0.1) is 13.2 Å². The second-order valence-electron chi connectivity index (χ2n) is 5.99. The van der Waals surface area contributed by atoms with Crippen LogP contribution in [0.1, 0.15) is 42.1 Å². The van der Waals surface area contributed by atoms with E-state index in [1.807, 2.05) is 30.4 Å². The highest BCUT2D eigenvalue weighted by Gasteiger charge is 2.20. The molecular weight excluding hydrogens is 274 g/mol. The molecule has 1 unspecified atom stereocenters. The fourth-order valence-electron chi connectivity index (χ4n) is 3.25. The highest BCUT2D eigenvalue weighted by atomic mass is 16.5. The number of fused-ring (bicyclic) bond motifs is 1. The van der Waals surface area contributed by atoms with Gasteiger partial charge in [-0.1, -0.05) is 23.9 Å². The molecule has 0 aromatic heterocycles. The molecule has 0 bridgehead atoms. The number of allylic oxidation sites excluding steroid dienone is 1. The van der Waals surface area contributed by atoms with Gasteiger partial charge in [0.25, 0.3) is 0 Å². The SMILES string of the molecule is COC1=C=Cc2c(cccc2C(O)CC2CCNCC2)C=C1. The van der Waals surface area contributed by atoms with Crippen LogP contribution in [0.2, 0.25) is 0 Å². The maximum atomic E-state index is 10.7. The smallest absolute Gasteiger partial charge is 0.161 e. The van der Waals surface area contributed by atoms with Crippen LogP contribution in [0.25, 0.3) is 12.2 Å². The molecule has 1 aromatic rings. The maximum Gasteiger partial charge on any atom is 0.161 e. The quantitative estimate of drug-likeness (QED) is 0.838. The Hall–Kier alpha value is -1.80. The largest absolute Gasteiger partial charge is 0.489 e. The summed E-state index contributed by atoms with van der Waals surface area (Å²) in [6.07, 6.45) is 8.56. The summed E-state index contributed by atoms with van der Waals surface area (Å²) in [6, 6.07) is 6.09. The lowest BCUT2D eigenvalue weighted by Gasteiger charge is -2.25. The molecule has 3 rings (SSSR count). The molecular formula is C19H23NO2. The Kier molecular flexibility index (Phi) is 4.79. The van der Waals surface area contributed by atoms with Gasteiger partial charge in [-0.3, -0.25) is 0 Å². The molecule has 0 radical (unpaired) electrons. The predicted molar refractivity (Wildman–Crippen MR) is 89.1 cm³/mol. The first kappa shape index (κ1) is 15.1. The number of rotatable bonds is 4. The number of aliphatic hydroxyl groups excluding tert-OH is 1. The van der Waals surface area contributed by atoms with E-state index in [1.54, 1.807) is 7.11 Å². The van der Waals surface area contributed by atoms with Crippen molar-refractivity contribution < 1.29 is 9.84 Å². The van der Waals surface area contributed by atoms with E-state index in [9.17, 15) is 5.11 Å². The van der Waals surface area contributed by atoms with E-state index < -0.39 is 6.10 Å². The molecule has 0 saturated carbocycles. The maximum absolute atomic E-state index is 10.7. The molecule has 116 valence electrons. The van der Waals surface area contributed by atoms with Gasteiger partial charge in [0, 0.05) is 0 Å². The van der Waals surface area contributed by atoms with Crippen LogP contribution in [-0.2, 0) is 4.74 Å². The lowest BCUT2D eigenvalue weighted by Crippen LogP contribution is -2.28. The molecule has 1 aliphatic heterocycles. The summed E-state index contributed by atoms with van der Waals surface area (Å²) in [5.74, 6) is 1.30. The minimum Gasteiger partial charge on any atom is -0.489 e. The third kappa shape index (κ3) is 3.33. The van der Waals surface area contributed by atoms with Crippen molar-refractivity contribution in [3.05, 3.63) is 52.5 Å². The first-order valence-electron chi connectivity index (χ1n) is 7.98. The van der Waals surface area contributed by atoms with Crippen molar-refractivity contribution in [1.82, 2.24) is 5.32 Å². The van der Waals surface area contributed by atoms with Crippen molar-refractivity contribution >= 4 is 12.2 Å². The summed E-state index contributed by atoms with van der Waals surface area (Å²) < 4.78 is 5.24. The van der Waals surface area contributed by atoms with Gasteiger partial charge in [0.15, 0.2) is 5.76 Å². The lowest BCUT2D eigenvalue weighted by molar-refractivity contribution is 0.133. The van der Waals surface area contributed by atoms with Crippen molar-refractivity contribution in [3.8, 4) is 0 Å². The Morgan fingerprint density at radius 2 is 2.14 bits per heavy atom. The van der Waals surface area contributed by atoms with Gasteiger partial charge in [-0.15, -0.1) is 0 Å². The van der Waals surface area contributed by atoms with Gasteiger partial charge in [-0.25, -0.2) is 0 Å². The number of hydrogen-bond donors (Lipinski definition) is 2. The summed E-state index contributed by atoms with van der Waals surface area (Å²) in [4.78, 5) is 0. The second kappa shape index (κ2) is 6.97. The third-order valence-corrected chi connectivity index (χ3v) is 4.54. The van der Waals surface area contributed by atoms with E-state index in [4.69, 9.17) is 4.74 Å². The average Bonchev–Trinajstić information content (AvgIpc) is 2.77. The minimum atomic E-state index is -0.423. The zero-order chi connectivity index (χ0) is 15.4. The molecule has 0 amide bonds. The molecule has 1 atom stereocenters. The van der Waals surface area contributed by atoms with Crippen LogP contribution in [0, 0.1) is 5.92 Å². The molecule has 1 heterocycles. The Morgan fingerprint density at radius 3 is 2.91 bits per heavy atom. The molecule has 1 fully saturated rings. The van der Waals surface area contributed by atoms with Gasteiger partial charge >= 0.3 is 0 Å². The lowest BCUT2D eigenvalue weighted by atomic mass is 9.87. The number of hydrogen-bond acceptors (Lipinski definition) is 3. The predicted octanol–water partition coefficient (Wildman–Crippen LogP) is 3.28. The van der Waals surface area contributed by atoms with E-state index in [-0.39, 0.29) is 0 Å². The van der Waals surface area contributed by atoms with Crippen LogP contribution in [0.5, 0.6) is 0 Å². The highest BCUT2D eigenvalue weighted by molar-refractivity contribution is 5.71. The van der Waals surface area contributed by atoms with Crippen molar-refractivity contribution in [2.24, 2.45) is 5.92 Å². The Morgan fingerprint density at radius 1 is 1.32 bits per heavy atom. The molecule has 22 heavy (non-hydrogen) atoms. The number of nitrogens with one attached hydrogen (secondary N) is 1. The first-order chi connectivity index (χ1) is 10.8. The second-order valence-corrected chi connectivity index (χ2v) is 5.99. The summed E-state index contributed by atoms with van der Waals surface area (Å²) in [5, 5.41) is 14.1. The Labute approximate surface area is 132 Å². The van der Waals surface area contributed by atoms with Crippen LogP contribution in [0.4, 0.5) is 0 Å². The van der Waals surface area contributed by atoms with Crippen molar-refractivity contribution in [2.75, 3.05) is 20.2 Å². The van der Waals surface area contributed by atoms with Crippen molar-refractivity contribution in [1.29, 1.82) is 0 Å². The zero-order valence-electron chi connectivity index (χ0n) is 13.0. The Bertz CT molecular complexity index is 620. The van der Waals surface area contributed by atoms with Crippen molar-refractivity contribution in [3.63, 3.8) is 0 Å². The van der Waals surface area contributed by atoms with Crippen LogP contribution < -0.4 is 5.32 Å². The van der Waals surface area contributed by atoms with Crippen LogP contribution in [0.3, 0.4) is 0 Å². The number of benzene rings is 1. The summed E-state index contributed by atoms with van der Waals surface area (Å²) in [7, 11) is 1.64. The zero-order valence-corrected chi connectivity index (χ0v) is 13.0. The number of piperidine rings is 1. The molecule has 3 heteroatoms. The molecule has 2 N–H and O–H groups in total. The molecule has 1 aromatic carbocycles. The topological polar surface area (TPSA) is 41.5 Å². The summed E-state index contributed by atoms with van der Waals surface area (Å²) in [5.41, 5.74) is 6.29. The van der Waals surface area contributed by atoms with Crippen LogP contribution in [0.15, 0.2) is 35.8 Å². The standard InChI is InChI=1S/C19H23NO2/c1-22-16-6-5-15-3-2-4-18(17(15)8-7-16)19(21)13-14-9-11-20-12-10-14/h2-6,8,14,19-21H,9-13H2,1H3. The first-order valence-corrected chi connectivity index (χ1v) is 7.98. The van der Waals surface area contributed by atoms with E-state index in [0.717, 1.165) is 49.0 Å². The molecule has 0 spiro atoms. The van der Waals surface area contributed by atoms with Crippen LogP contribution >= 0.6 is 0 Å². The van der Waals surface area contributed by atoms with Gasteiger partial charge in [-0.2, -0.15) is 0 Å². The molecule has 1 saturated heterocycles. The van der Waals surface area contributed by atoms with Crippen molar-refractivity contribution in [2.45, 2.75) is 25.4 Å². The highest BCUT2D eigenvalue weighted by Crippen LogP contribution is 2.31. The number of ether oxygens (including phenoxy) is 1. The van der Waals surface area contributed by atoms with Gasteiger partial charge in [-0.05, 0) is 73.2 Å². The minimum absolute atomic E-state index is 0.423. The van der Waals surface area contributed by atoms with E-state index in [2.05, 4.69) is 17.1 Å². The van der Waals surface area contributed by atoms with E-state index >= 15 is 0 Å². The van der Waals surface area contributed by atoms with Gasteiger partial charge < -0.3 is 15.2 Å². The van der Waals surface area contributed by atoms with Crippen LogP contribution in [-0.4, -0.2) is 25.3 Å². The molecule has 3 nitrogen and oxygen atoms in total. The normalized spacial score (nSPS) is 19.3. The fourth-order valence-corrected chi connectivity index (χ4v) is 3.25. The number of aliphatic hydroxyl groups is 1. The summed E-state index contributed by atoms with van der Waals surface area (Å²) >= 11 is 0. The summed E-state index contributed by atoms with van der Waals surface area (Å²) in [6.45, 7) is 2.12. The fraction of sp³-hybridized carbons (Fsp3) is 0.421. The van der Waals surface area contributed by atoms with E-state index in [0.29, 0.717) is 11.7 Å². The monoisotopic (exact) mass is 297 g/mol. The average molecular weight is 297 g/mol. The molecule has 2 aliphatic rings. The molecule has 1 aliphatic carbocycles. The van der Waals surface area contributed by atoms with Gasteiger partial charge in [0.1, 0.15) is 0 Å². The Balaban J connectivity index is 1.85. The number of methoxy groups -OCH3 is 1. The third-order valence-electron chi connectivity index (χ3n) is 4.54. The van der Waals surface area contributed by atoms with E-state index in [1.165, 1.54) is 0 Å².